The standard InChI is InChI=1S/C30H38F3N7O4S/c1-19-11-14-34-22-7-6-8-25(35-22)45(42,43)38-27(41)21-9-10-23(36-26(21)39-18-20(19)17-29(39,4)5)40-15-12-24(37-40)44-16-13-28(2,3)30(31,32)33/h6-10,12,15,19-20H,11,13-14,16-18H2,1-5H3,(H,34,35)(H,38,41)/t19-,20-/m0/s1. The number of hydrogen-bond donors (Lipinski definition) is 2. The Morgan fingerprint density at radius 3 is 2.60 bits per heavy atom. The van der Waals surface area contributed by atoms with Crippen LogP contribution in [0, 0.1) is 17.3 Å². The minimum absolute atomic E-state index is 0.0610. The summed E-state index contributed by atoms with van der Waals surface area (Å²) in [6, 6.07) is 9.09. The molecule has 1 amide bonds. The number of ether oxygens (including phenoxy) is 1. The van der Waals surface area contributed by atoms with Gasteiger partial charge in [-0.05, 0) is 69.2 Å². The number of fused-ring (bicyclic) bond motifs is 6. The van der Waals surface area contributed by atoms with E-state index in [1.54, 1.807) is 18.3 Å². The topological polar surface area (TPSA) is 131 Å². The Bertz CT molecular complexity index is 1670. The predicted molar refractivity (Wildman–Crippen MR) is 162 cm³/mol. The van der Waals surface area contributed by atoms with Crippen molar-refractivity contribution < 1.29 is 31.1 Å². The van der Waals surface area contributed by atoms with Crippen LogP contribution >= 0.6 is 0 Å². The van der Waals surface area contributed by atoms with E-state index in [-0.39, 0.29) is 35.4 Å². The molecule has 1 fully saturated rings. The van der Waals surface area contributed by atoms with Gasteiger partial charge < -0.3 is 15.0 Å². The molecule has 0 aliphatic carbocycles. The van der Waals surface area contributed by atoms with Crippen LogP contribution in [0.2, 0.25) is 0 Å². The smallest absolute Gasteiger partial charge is 0.394 e. The van der Waals surface area contributed by atoms with Crippen LogP contribution in [-0.2, 0) is 10.0 Å². The van der Waals surface area contributed by atoms with Crippen molar-refractivity contribution in [2.75, 3.05) is 29.9 Å². The SMILES string of the molecule is C[C@H]1CCNc2cccc(n2)S(=O)(=O)NC(=O)c2ccc(-n3ccc(OCCC(C)(C)C(F)(F)F)n3)nc2N2C[C@@H]1CC2(C)C. The number of amides is 1. The number of rotatable bonds is 5. The van der Waals surface area contributed by atoms with Gasteiger partial charge in [-0.2, -0.15) is 21.6 Å². The molecule has 2 N–H and O–H groups in total. The second-order valence-electron chi connectivity index (χ2n) is 13.0. The fourth-order valence-electron chi connectivity index (χ4n) is 5.62. The van der Waals surface area contributed by atoms with Crippen LogP contribution in [0.1, 0.15) is 64.2 Å². The van der Waals surface area contributed by atoms with E-state index in [4.69, 9.17) is 9.72 Å². The number of sulfonamides is 1. The lowest BCUT2D eigenvalue weighted by Crippen LogP contribution is -2.41. The van der Waals surface area contributed by atoms with Gasteiger partial charge >= 0.3 is 6.18 Å². The Morgan fingerprint density at radius 2 is 1.87 bits per heavy atom. The van der Waals surface area contributed by atoms with Crippen LogP contribution in [0.3, 0.4) is 0 Å². The Morgan fingerprint density at radius 1 is 1.11 bits per heavy atom. The molecule has 5 heterocycles. The summed E-state index contributed by atoms with van der Waals surface area (Å²) < 4.78 is 75.2. The number of carbonyl (C=O) groups is 1. The van der Waals surface area contributed by atoms with Gasteiger partial charge in [0.2, 0.25) is 5.88 Å². The molecule has 2 atom stereocenters. The quantitative estimate of drug-likeness (QED) is 0.383. The lowest BCUT2D eigenvalue weighted by Gasteiger charge is -2.34. The molecule has 0 unspecified atom stereocenters. The number of halogens is 3. The molecule has 2 aliphatic heterocycles. The first-order valence-corrected chi connectivity index (χ1v) is 16.3. The molecular weight excluding hydrogens is 611 g/mol. The van der Waals surface area contributed by atoms with Crippen molar-refractivity contribution >= 4 is 27.6 Å². The summed E-state index contributed by atoms with van der Waals surface area (Å²) >= 11 is 0. The number of nitrogens with zero attached hydrogens (tertiary/aromatic N) is 5. The normalized spacial score (nSPS) is 21.6. The van der Waals surface area contributed by atoms with Gasteiger partial charge in [0, 0.05) is 30.9 Å². The van der Waals surface area contributed by atoms with Gasteiger partial charge in [0.1, 0.15) is 11.6 Å². The Hall–Kier alpha value is -3.88. The number of aromatic nitrogens is 4. The molecule has 45 heavy (non-hydrogen) atoms. The van der Waals surface area contributed by atoms with E-state index in [1.165, 1.54) is 28.9 Å². The second kappa shape index (κ2) is 11.8. The molecule has 0 saturated carbocycles. The number of hydrogen-bond acceptors (Lipinski definition) is 9. The zero-order valence-electron chi connectivity index (χ0n) is 25.8. The van der Waals surface area contributed by atoms with Crippen LogP contribution in [0.4, 0.5) is 24.8 Å². The van der Waals surface area contributed by atoms with Gasteiger partial charge in [-0.25, -0.2) is 19.4 Å². The van der Waals surface area contributed by atoms with Crippen LogP contribution in [-0.4, -0.2) is 65.5 Å². The predicted octanol–water partition coefficient (Wildman–Crippen LogP) is 5.20. The summed E-state index contributed by atoms with van der Waals surface area (Å²) in [5.74, 6) is 0.836. The lowest BCUT2D eigenvalue weighted by atomic mass is 9.86. The van der Waals surface area contributed by atoms with Crippen LogP contribution in [0.5, 0.6) is 5.88 Å². The molecule has 0 aromatic carbocycles. The Kier molecular flexibility index (Phi) is 8.53. The molecule has 4 bridgehead atoms. The third-order valence-corrected chi connectivity index (χ3v) is 9.98. The molecule has 2 aliphatic rings. The van der Waals surface area contributed by atoms with E-state index in [9.17, 15) is 26.4 Å². The summed E-state index contributed by atoms with van der Waals surface area (Å²) in [5, 5.41) is 7.24. The van der Waals surface area contributed by atoms with Crippen LogP contribution < -0.4 is 19.7 Å². The zero-order chi connectivity index (χ0) is 32.8. The molecule has 15 heteroatoms. The molecule has 0 spiro atoms. The van der Waals surface area contributed by atoms with Crippen molar-refractivity contribution in [2.24, 2.45) is 17.3 Å². The van der Waals surface area contributed by atoms with Crippen molar-refractivity contribution in [1.29, 1.82) is 0 Å². The average molecular weight is 650 g/mol. The molecule has 5 rings (SSSR count). The maximum atomic E-state index is 13.6. The largest absolute Gasteiger partial charge is 0.477 e. The number of carbonyl (C=O) groups excluding carboxylic acids is 1. The van der Waals surface area contributed by atoms with E-state index < -0.39 is 33.1 Å². The minimum atomic E-state index is -4.36. The first-order valence-electron chi connectivity index (χ1n) is 14.8. The highest BCUT2D eigenvalue weighted by atomic mass is 32.2. The molecule has 3 aromatic rings. The van der Waals surface area contributed by atoms with Gasteiger partial charge in [0.05, 0.1) is 17.6 Å². The summed E-state index contributed by atoms with van der Waals surface area (Å²) in [4.78, 5) is 24.6. The van der Waals surface area contributed by atoms with E-state index >= 15 is 0 Å². The lowest BCUT2D eigenvalue weighted by molar-refractivity contribution is -0.215. The van der Waals surface area contributed by atoms with E-state index in [1.807, 2.05) is 4.90 Å². The van der Waals surface area contributed by atoms with Gasteiger partial charge in [-0.15, -0.1) is 5.10 Å². The van der Waals surface area contributed by atoms with Crippen molar-refractivity contribution in [3.8, 4) is 11.7 Å². The Labute approximate surface area is 260 Å². The van der Waals surface area contributed by atoms with Gasteiger partial charge in [-0.3, -0.25) is 4.79 Å². The van der Waals surface area contributed by atoms with Gasteiger partial charge in [0.15, 0.2) is 10.8 Å². The Balaban J connectivity index is 1.49. The van der Waals surface area contributed by atoms with Gasteiger partial charge in [-0.1, -0.05) is 26.8 Å². The highest BCUT2D eigenvalue weighted by Crippen LogP contribution is 2.42. The van der Waals surface area contributed by atoms with Crippen molar-refractivity contribution in [3.05, 3.63) is 48.2 Å². The van der Waals surface area contributed by atoms with E-state index in [2.05, 4.69) is 40.9 Å². The first kappa shape index (κ1) is 32.5. The fraction of sp³-hybridized carbons (Fsp3) is 0.533. The summed E-state index contributed by atoms with van der Waals surface area (Å²) in [7, 11) is -4.31. The van der Waals surface area contributed by atoms with E-state index in [0.717, 1.165) is 26.7 Å². The van der Waals surface area contributed by atoms with Crippen molar-refractivity contribution in [3.63, 3.8) is 0 Å². The fourth-order valence-corrected chi connectivity index (χ4v) is 6.56. The maximum Gasteiger partial charge on any atom is 0.394 e. The van der Waals surface area contributed by atoms with Crippen molar-refractivity contribution in [2.45, 2.75) is 70.6 Å². The molecule has 0 radical (unpaired) electrons. The van der Waals surface area contributed by atoms with Crippen LogP contribution in [0.25, 0.3) is 5.82 Å². The highest BCUT2D eigenvalue weighted by molar-refractivity contribution is 7.90. The zero-order valence-corrected chi connectivity index (χ0v) is 26.7. The molecule has 1 saturated heterocycles. The number of pyridine rings is 2. The first-order chi connectivity index (χ1) is 21.0. The number of anilines is 2. The van der Waals surface area contributed by atoms with Crippen LogP contribution in [0.15, 0.2) is 47.6 Å². The highest BCUT2D eigenvalue weighted by Gasteiger charge is 2.47. The summed E-state index contributed by atoms with van der Waals surface area (Å²) in [6.07, 6.45) is -1.42. The number of alkyl halides is 3. The minimum Gasteiger partial charge on any atom is -0.477 e. The number of nitrogens with one attached hydrogen (secondary N) is 2. The molecule has 3 aromatic heterocycles. The summed E-state index contributed by atoms with van der Waals surface area (Å²) in [5.41, 5.74) is -2.27. The third kappa shape index (κ3) is 6.87. The monoisotopic (exact) mass is 649 g/mol. The molecule has 11 nitrogen and oxygen atoms in total. The summed E-state index contributed by atoms with van der Waals surface area (Å²) in [6.45, 7) is 9.53. The van der Waals surface area contributed by atoms with E-state index in [0.29, 0.717) is 36.5 Å². The van der Waals surface area contributed by atoms with Gasteiger partial charge in [0.25, 0.3) is 15.9 Å². The average Bonchev–Trinajstić information content (AvgIpc) is 3.55. The third-order valence-electron chi connectivity index (χ3n) is 8.75. The maximum absolute atomic E-state index is 13.6. The molecular formula is C30H38F3N7O4S. The van der Waals surface area contributed by atoms with Crippen molar-refractivity contribution in [1.82, 2.24) is 24.5 Å². The molecule has 244 valence electrons. The second-order valence-corrected chi connectivity index (χ2v) is 14.6.